The Kier molecular flexibility index (Phi) is 4.57. The average Bonchev–Trinajstić information content (AvgIpc) is 2.88. The fraction of sp³-hybridized carbons (Fsp3) is 0.625. The molecule has 0 bridgehead atoms. The lowest BCUT2D eigenvalue weighted by atomic mass is 9.98. The second-order valence-corrected chi connectivity index (χ2v) is 7.32. The quantitative estimate of drug-likeness (QED) is 0.808. The van der Waals surface area contributed by atoms with Gasteiger partial charge in [-0.1, -0.05) is 11.8 Å². The van der Waals surface area contributed by atoms with Crippen LogP contribution in [0.15, 0.2) is 11.2 Å². The first-order chi connectivity index (χ1) is 11.0. The van der Waals surface area contributed by atoms with Crippen molar-refractivity contribution in [2.75, 3.05) is 5.75 Å². The van der Waals surface area contributed by atoms with Crippen molar-refractivity contribution in [1.82, 2.24) is 24.5 Å². The Balaban J connectivity index is 1.74. The highest BCUT2D eigenvalue weighted by atomic mass is 32.2. The first-order valence-electron chi connectivity index (χ1n) is 8.10. The van der Waals surface area contributed by atoms with Gasteiger partial charge < -0.3 is 4.90 Å². The summed E-state index contributed by atoms with van der Waals surface area (Å²) in [6, 6.07) is 2.65. The first-order valence-corrected chi connectivity index (χ1v) is 9.09. The Morgan fingerprint density at radius 2 is 1.96 bits per heavy atom. The Morgan fingerprint density at radius 1 is 1.26 bits per heavy atom. The Hall–Kier alpha value is -1.63. The molecule has 2 aromatic heterocycles. The molecule has 0 aliphatic carbocycles. The van der Waals surface area contributed by atoms with Gasteiger partial charge in [-0.2, -0.15) is 0 Å². The van der Waals surface area contributed by atoms with E-state index in [4.69, 9.17) is 0 Å². The minimum Gasteiger partial charge on any atom is -0.337 e. The zero-order valence-electron chi connectivity index (χ0n) is 14.1. The van der Waals surface area contributed by atoms with E-state index in [1.807, 2.05) is 29.2 Å². The smallest absolute Gasteiger partial charge is 0.256 e. The molecule has 1 fully saturated rings. The highest BCUT2D eigenvalue weighted by Gasteiger charge is 2.29. The van der Waals surface area contributed by atoms with Crippen molar-refractivity contribution in [2.45, 2.75) is 64.2 Å². The molecule has 2 atom stereocenters. The molecule has 6 nitrogen and oxygen atoms in total. The van der Waals surface area contributed by atoms with Gasteiger partial charge in [0.1, 0.15) is 0 Å². The Bertz CT molecular complexity index is 719. The minimum absolute atomic E-state index is 0.184. The standard InChI is InChI=1S/C16H23N5OS/c1-10-8-13(4)21-15(17-10)18-19-16(21)23-9-14(22)20-11(2)6-5-7-12(20)3/h8,11-12H,5-7,9H2,1-4H3/t11-,12-/m1/s1. The number of aryl methyl sites for hydroxylation is 2. The van der Waals surface area contributed by atoms with Crippen LogP contribution < -0.4 is 0 Å². The number of fused-ring (bicyclic) bond motifs is 1. The summed E-state index contributed by atoms with van der Waals surface area (Å²) in [6.45, 7) is 8.23. The largest absolute Gasteiger partial charge is 0.337 e. The normalized spacial score (nSPS) is 21.8. The summed E-state index contributed by atoms with van der Waals surface area (Å²) in [4.78, 5) is 19.0. The number of aromatic nitrogens is 4. The number of nitrogens with zero attached hydrogens (tertiary/aromatic N) is 5. The highest BCUT2D eigenvalue weighted by Crippen LogP contribution is 2.25. The molecule has 3 rings (SSSR count). The van der Waals surface area contributed by atoms with Gasteiger partial charge in [0.2, 0.25) is 5.91 Å². The summed E-state index contributed by atoms with van der Waals surface area (Å²) < 4.78 is 1.91. The molecule has 0 saturated carbocycles. The number of rotatable bonds is 3. The first kappa shape index (κ1) is 16.2. The third-order valence-corrected chi connectivity index (χ3v) is 5.38. The molecule has 7 heteroatoms. The molecule has 1 amide bonds. The molecule has 2 aromatic rings. The van der Waals surface area contributed by atoms with Gasteiger partial charge in [0.05, 0.1) is 5.75 Å². The van der Waals surface area contributed by atoms with Gasteiger partial charge in [0, 0.05) is 23.5 Å². The van der Waals surface area contributed by atoms with Gasteiger partial charge in [-0.25, -0.2) is 4.98 Å². The van der Waals surface area contributed by atoms with Crippen molar-refractivity contribution in [3.8, 4) is 0 Å². The van der Waals surface area contributed by atoms with Crippen molar-refractivity contribution < 1.29 is 4.79 Å². The van der Waals surface area contributed by atoms with Crippen molar-refractivity contribution in [3.63, 3.8) is 0 Å². The lowest BCUT2D eigenvalue weighted by molar-refractivity contribution is -0.134. The lowest BCUT2D eigenvalue weighted by Crippen LogP contribution is -2.48. The Labute approximate surface area is 140 Å². The van der Waals surface area contributed by atoms with Crippen LogP contribution in [0.2, 0.25) is 0 Å². The van der Waals surface area contributed by atoms with E-state index >= 15 is 0 Å². The number of piperidine rings is 1. The van der Waals surface area contributed by atoms with Crippen LogP contribution in [0.25, 0.3) is 5.78 Å². The molecule has 0 unspecified atom stereocenters. The van der Waals surface area contributed by atoms with Crippen molar-refractivity contribution in [3.05, 3.63) is 17.5 Å². The van der Waals surface area contributed by atoms with Gasteiger partial charge in [0.15, 0.2) is 5.16 Å². The monoisotopic (exact) mass is 333 g/mol. The van der Waals surface area contributed by atoms with Crippen molar-refractivity contribution in [2.24, 2.45) is 0 Å². The molecule has 1 saturated heterocycles. The number of likely N-dealkylation sites (tertiary alicyclic amines) is 1. The molecule has 124 valence electrons. The van der Waals surface area contributed by atoms with E-state index in [0.29, 0.717) is 23.6 Å². The number of carbonyl (C=O) groups is 1. The number of amides is 1. The maximum Gasteiger partial charge on any atom is 0.256 e. The number of carbonyl (C=O) groups excluding carboxylic acids is 1. The second-order valence-electron chi connectivity index (χ2n) is 6.38. The number of hydrogen-bond donors (Lipinski definition) is 0. The predicted octanol–water partition coefficient (Wildman–Crippen LogP) is 2.62. The molecule has 3 heterocycles. The summed E-state index contributed by atoms with van der Waals surface area (Å²) in [5.74, 6) is 1.17. The molecular formula is C16H23N5OS. The molecule has 0 aromatic carbocycles. The van der Waals surface area contributed by atoms with E-state index in [1.165, 1.54) is 18.2 Å². The molecule has 1 aliphatic heterocycles. The van der Waals surface area contributed by atoms with Crippen LogP contribution in [0.1, 0.15) is 44.5 Å². The van der Waals surface area contributed by atoms with Crippen LogP contribution in [0.5, 0.6) is 0 Å². The lowest BCUT2D eigenvalue weighted by Gasteiger charge is -2.39. The topological polar surface area (TPSA) is 63.4 Å². The van der Waals surface area contributed by atoms with E-state index in [-0.39, 0.29) is 5.91 Å². The zero-order chi connectivity index (χ0) is 16.6. The third kappa shape index (κ3) is 3.20. The van der Waals surface area contributed by atoms with E-state index < -0.39 is 0 Å². The number of hydrogen-bond acceptors (Lipinski definition) is 5. The van der Waals surface area contributed by atoms with Crippen molar-refractivity contribution in [1.29, 1.82) is 0 Å². The van der Waals surface area contributed by atoms with Crippen LogP contribution >= 0.6 is 11.8 Å². The SMILES string of the molecule is Cc1cc(C)n2c(SCC(=O)N3[C@H](C)CCC[C@H]3C)nnc2n1. The highest BCUT2D eigenvalue weighted by molar-refractivity contribution is 7.99. The predicted molar refractivity (Wildman–Crippen MR) is 90.6 cm³/mol. The minimum atomic E-state index is 0.184. The molecule has 0 radical (unpaired) electrons. The van der Waals surface area contributed by atoms with E-state index in [0.717, 1.165) is 29.4 Å². The summed E-state index contributed by atoms with van der Waals surface area (Å²) in [6.07, 6.45) is 3.39. The van der Waals surface area contributed by atoms with Crippen LogP contribution in [0.3, 0.4) is 0 Å². The number of thioether (sulfide) groups is 1. The summed E-state index contributed by atoms with van der Waals surface area (Å²) in [5.41, 5.74) is 1.96. The molecule has 0 N–H and O–H groups in total. The summed E-state index contributed by atoms with van der Waals surface area (Å²) in [5, 5.41) is 9.04. The van der Waals surface area contributed by atoms with Gasteiger partial charge in [0.25, 0.3) is 5.78 Å². The molecule has 0 spiro atoms. The molecule has 1 aliphatic rings. The van der Waals surface area contributed by atoms with Gasteiger partial charge >= 0.3 is 0 Å². The zero-order valence-corrected chi connectivity index (χ0v) is 14.9. The van der Waals surface area contributed by atoms with Crippen LogP contribution in [-0.4, -0.2) is 48.2 Å². The summed E-state index contributed by atoms with van der Waals surface area (Å²) >= 11 is 1.44. The van der Waals surface area contributed by atoms with Gasteiger partial charge in [-0.3, -0.25) is 9.20 Å². The van der Waals surface area contributed by atoms with Crippen LogP contribution in [0.4, 0.5) is 0 Å². The molecule has 23 heavy (non-hydrogen) atoms. The molecular weight excluding hydrogens is 310 g/mol. The van der Waals surface area contributed by atoms with E-state index in [9.17, 15) is 4.79 Å². The maximum absolute atomic E-state index is 12.6. The fourth-order valence-electron chi connectivity index (χ4n) is 3.41. The average molecular weight is 333 g/mol. The maximum atomic E-state index is 12.6. The third-order valence-electron chi connectivity index (χ3n) is 4.47. The van der Waals surface area contributed by atoms with Gasteiger partial charge in [-0.15, -0.1) is 10.2 Å². The second kappa shape index (κ2) is 6.47. The van der Waals surface area contributed by atoms with Gasteiger partial charge in [-0.05, 0) is 53.0 Å². The van der Waals surface area contributed by atoms with Crippen LogP contribution in [-0.2, 0) is 4.79 Å². The fourth-order valence-corrected chi connectivity index (χ4v) is 4.26. The van der Waals surface area contributed by atoms with Crippen molar-refractivity contribution >= 4 is 23.4 Å². The van der Waals surface area contributed by atoms with Crippen LogP contribution in [0, 0.1) is 13.8 Å². The summed E-state index contributed by atoms with van der Waals surface area (Å²) in [7, 11) is 0. The Morgan fingerprint density at radius 3 is 2.65 bits per heavy atom. The van der Waals surface area contributed by atoms with E-state index in [2.05, 4.69) is 29.0 Å². The van der Waals surface area contributed by atoms with E-state index in [1.54, 1.807) is 0 Å².